The van der Waals surface area contributed by atoms with Crippen LogP contribution in [0, 0.1) is 0 Å². The Hall–Kier alpha value is -2.11. The monoisotopic (exact) mass is 272 g/mol. The summed E-state index contributed by atoms with van der Waals surface area (Å²) >= 11 is 0. The van der Waals surface area contributed by atoms with Crippen molar-refractivity contribution >= 4 is 20.9 Å². The quantitative estimate of drug-likeness (QED) is 0.752. The summed E-state index contributed by atoms with van der Waals surface area (Å²) in [5.41, 5.74) is 2.34. The number of hydrogen-bond acceptors (Lipinski definition) is 2. The first-order chi connectivity index (χ1) is 9.07. The lowest BCUT2D eigenvalue weighted by Crippen LogP contribution is -2.13. The Morgan fingerprint density at radius 2 is 1.63 bits per heavy atom. The molecule has 5 heteroatoms. The van der Waals surface area contributed by atoms with E-state index in [9.17, 15) is 8.42 Å². The Labute approximate surface area is 110 Å². The van der Waals surface area contributed by atoms with Crippen molar-refractivity contribution in [3.8, 4) is 11.1 Å². The van der Waals surface area contributed by atoms with E-state index >= 15 is 0 Å². The van der Waals surface area contributed by atoms with Crippen LogP contribution in [0.25, 0.3) is 22.0 Å². The summed E-state index contributed by atoms with van der Waals surface area (Å²) in [7, 11) is -3.75. The molecule has 19 heavy (non-hydrogen) atoms. The first-order valence-corrected chi connectivity index (χ1v) is 7.30. The van der Waals surface area contributed by atoms with Gasteiger partial charge in [0.25, 0.3) is 0 Å². The SMILES string of the molecule is NS(=O)(=O)c1ccccc1-c1cccc2cc[nH]c12. The highest BCUT2D eigenvalue weighted by Gasteiger charge is 2.16. The van der Waals surface area contributed by atoms with Crippen molar-refractivity contribution in [3.63, 3.8) is 0 Å². The van der Waals surface area contributed by atoms with Crippen LogP contribution in [0.2, 0.25) is 0 Å². The Morgan fingerprint density at radius 3 is 2.42 bits per heavy atom. The normalized spacial score (nSPS) is 11.8. The van der Waals surface area contributed by atoms with Crippen molar-refractivity contribution < 1.29 is 8.42 Å². The molecule has 0 bridgehead atoms. The van der Waals surface area contributed by atoms with Crippen molar-refractivity contribution in [3.05, 3.63) is 54.7 Å². The van der Waals surface area contributed by atoms with Gasteiger partial charge in [0.2, 0.25) is 10.0 Å². The minimum atomic E-state index is -3.75. The van der Waals surface area contributed by atoms with Crippen LogP contribution in [0.5, 0.6) is 0 Å². The molecule has 0 fully saturated rings. The Kier molecular flexibility index (Phi) is 2.66. The van der Waals surface area contributed by atoms with Gasteiger partial charge in [-0.15, -0.1) is 0 Å². The first kappa shape index (κ1) is 12.0. The molecule has 4 nitrogen and oxygen atoms in total. The van der Waals surface area contributed by atoms with E-state index in [2.05, 4.69) is 4.98 Å². The number of nitrogens with two attached hydrogens (primary N) is 1. The van der Waals surface area contributed by atoms with Gasteiger partial charge in [-0.2, -0.15) is 0 Å². The summed E-state index contributed by atoms with van der Waals surface area (Å²) in [6, 6.07) is 14.4. The number of hydrogen-bond donors (Lipinski definition) is 2. The van der Waals surface area contributed by atoms with E-state index in [4.69, 9.17) is 5.14 Å². The molecule has 0 saturated carbocycles. The second kappa shape index (κ2) is 4.22. The van der Waals surface area contributed by atoms with E-state index in [1.807, 2.05) is 30.5 Å². The van der Waals surface area contributed by atoms with Gasteiger partial charge in [-0.3, -0.25) is 0 Å². The fraction of sp³-hybridized carbons (Fsp3) is 0. The number of fused-ring (bicyclic) bond motifs is 1. The number of para-hydroxylation sites is 1. The van der Waals surface area contributed by atoms with Crippen LogP contribution < -0.4 is 5.14 Å². The van der Waals surface area contributed by atoms with Gasteiger partial charge in [-0.05, 0) is 17.5 Å². The molecule has 1 heterocycles. The lowest BCUT2D eigenvalue weighted by Gasteiger charge is -2.08. The van der Waals surface area contributed by atoms with Gasteiger partial charge in [0, 0.05) is 17.3 Å². The number of H-pyrrole nitrogens is 1. The molecule has 96 valence electrons. The molecular weight excluding hydrogens is 260 g/mol. The van der Waals surface area contributed by atoms with Crippen molar-refractivity contribution in [1.82, 2.24) is 4.98 Å². The maximum Gasteiger partial charge on any atom is 0.238 e. The van der Waals surface area contributed by atoms with Gasteiger partial charge >= 0.3 is 0 Å². The number of rotatable bonds is 2. The highest BCUT2D eigenvalue weighted by molar-refractivity contribution is 7.89. The zero-order valence-corrected chi connectivity index (χ0v) is 10.8. The molecule has 0 spiro atoms. The topological polar surface area (TPSA) is 76.0 Å². The van der Waals surface area contributed by atoms with Crippen molar-refractivity contribution in [2.24, 2.45) is 5.14 Å². The van der Waals surface area contributed by atoms with Gasteiger partial charge < -0.3 is 4.98 Å². The van der Waals surface area contributed by atoms with E-state index in [1.165, 1.54) is 6.07 Å². The third-order valence-electron chi connectivity index (χ3n) is 3.07. The van der Waals surface area contributed by atoms with E-state index < -0.39 is 10.0 Å². The third kappa shape index (κ3) is 2.03. The highest BCUT2D eigenvalue weighted by atomic mass is 32.2. The molecule has 3 N–H and O–H groups in total. The molecule has 0 saturated heterocycles. The smallest absolute Gasteiger partial charge is 0.238 e. The average Bonchev–Trinajstić information content (AvgIpc) is 2.85. The minimum Gasteiger partial charge on any atom is -0.361 e. The maximum atomic E-state index is 11.7. The zero-order valence-electron chi connectivity index (χ0n) is 10.00. The minimum absolute atomic E-state index is 0.136. The predicted octanol–water partition coefficient (Wildman–Crippen LogP) is 2.48. The number of aromatic nitrogens is 1. The molecule has 3 aromatic rings. The largest absolute Gasteiger partial charge is 0.361 e. The Bertz CT molecular complexity index is 851. The molecule has 0 aliphatic heterocycles. The molecule has 0 unspecified atom stereocenters. The summed E-state index contributed by atoms with van der Waals surface area (Å²) in [5, 5.41) is 6.31. The van der Waals surface area contributed by atoms with Crippen LogP contribution in [0.4, 0.5) is 0 Å². The second-order valence-corrected chi connectivity index (χ2v) is 5.82. The Balaban J connectivity index is 2.37. The van der Waals surface area contributed by atoms with Gasteiger partial charge in [0.15, 0.2) is 0 Å². The molecule has 1 aromatic heterocycles. The molecule has 0 aliphatic carbocycles. The summed E-state index contributed by atoms with van der Waals surface area (Å²) < 4.78 is 23.3. The maximum absolute atomic E-state index is 11.7. The number of primary sulfonamides is 1. The van der Waals surface area contributed by atoms with Gasteiger partial charge in [0.1, 0.15) is 0 Å². The van der Waals surface area contributed by atoms with Crippen LogP contribution in [-0.4, -0.2) is 13.4 Å². The number of aromatic amines is 1. The third-order valence-corrected chi connectivity index (χ3v) is 4.04. The molecular formula is C14H12N2O2S. The average molecular weight is 272 g/mol. The molecule has 0 amide bonds. The number of nitrogens with one attached hydrogen (secondary N) is 1. The van der Waals surface area contributed by atoms with Crippen LogP contribution >= 0.6 is 0 Å². The van der Waals surface area contributed by atoms with Crippen LogP contribution in [0.1, 0.15) is 0 Å². The van der Waals surface area contributed by atoms with E-state index in [0.717, 1.165) is 16.5 Å². The Morgan fingerprint density at radius 1 is 0.895 bits per heavy atom. The summed E-state index contributed by atoms with van der Waals surface area (Å²) in [5.74, 6) is 0. The van der Waals surface area contributed by atoms with E-state index in [0.29, 0.717) is 5.56 Å². The fourth-order valence-electron chi connectivity index (χ4n) is 2.25. The second-order valence-electron chi connectivity index (χ2n) is 4.29. The molecule has 0 atom stereocenters. The van der Waals surface area contributed by atoms with Crippen LogP contribution in [0.3, 0.4) is 0 Å². The molecule has 0 radical (unpaired) electrons. The molecule has 0 aliphatic rings. The van der Waals surface area contributed by atoms with E-state index in [1.54, 1.807) is 18.2 Å². The lowest BCUT2D eigenvalue weighted by atomic mass is 10.0. The molecule has 3 rings (SSSR count). The van der Waals surface area contributed by atoms with Crippen molar-refractivity contribution in [2.75, 3.05) is 0 Å². The highest BCUT2D eigenvalue weighted by Crippen LogP contribution is 2.31. The van der Waals surface area contributed by atoms with Crippen molar-refractivity contribution in [1.29, 1.82) is 0 Å². The van der Waals surface area contributed by atoms with E-state index in [-0.39, 0.29) is 4.90 Å². The zero-order chi connectivity index (χ0) is 13.5. The number of sulfonamides is 1. The lowest BCUT2D eigenvalue weighted by molar-refractivity contribution is 0.598. The van der Waals surface area contributed by atoms with Crippen molar-refractivity contribution in [2.45, 2.75) is 4.90 Å². The molecule has 2 aromatic carbocycles. The van der Waals surface area contributed by atoms with Gasteiger partial charge in [-0.25, -0.2) is 13.6 Å². The summed E-state index contributed by atoms with van der Waals surface area (Å²) in [4.78, 5) is 3.27. The van der Waals surface area contributed by atoms with Crippen LogP contribution in [0.15, 0.2) is 59.6 Å². The first-order valence-electron chi connectivity index (χ1n) is 5.76. The van der Waals surface area contributed by atoms with Gasteiger partial charge in [-0.1, -0.05) is 36.4 Å². The fourth-order valence-corrected chi connectivity index (χ4v) is 3.00. The number of benzene rings is 2. The summed E-state index contributed by atoms with van der Waals surface area (Å²) in [6.45, 7) is 0. The standard InChI is InChI=1S/C14H12N2O2S/c15-19(17,18)13-7-2-1-5-11(13)12-6-3-4-10-8-9-16-14(10)12/h1-9,16H,(H2,15,17,18). The summed E-state index contributed by atoms with van der Waals surface area (Å²) in [6.07, 6.45) is 1.83. The van der Waals surface area contributed by atoms with Crippen LogP contribution in [-0.2, 0) is 10.0 Å². The van der Waals surface area contributed by atoms with Gasteiger partial charge in [0.05, 0.1) is 10.4 Å². The predicted molar refractivity (Wildman–Crippen MR) is 75.1 cm³/mol.